The molecule has 4 rings (SSSR count). The Morgan fingerprint density at radius 2 is 1.61 bits per heavy atom. The molecule has 33 heavy (non-hydrogen) atoms. The quantitative estimate of drug-likeness (QED) is 0.523. The average molecular weight is 456 g/mol. The summed E-state index contributed by atoms with van der Waals surface area (Å²) >= 11 is 0. The lowest BCUT2D eigenvalue weighted by molar-refractivity contribution is -0.164. The summed E-state index contributed by atoms with van der Waals surface area (Å²) < 4.78 is 28.8. The zero-order valence-corrected chi connectivity index (χ0v) is 18.8. The third-order valence-electron chi connectivity index (χ3n) is 5.95. The van der Waals surface area contributed by atoms with E-state index in [9.17, 15) is 18.7 Å². The molecule has 4 N–H and O–H groups in total. The van der Waals surface area contributed by atoms with E-state index in [1.807, 2.05) is 4.57 Å². The van der Waals surface area contributed by atoms with E-state index in [0.29, 0.717) is 41.7 Å². The monoisotopic (exact) mass is 455 g/mol. The number of hydrogen-bond acceptors (Lipinski definition) is 5. The molecule has 0 bridgehead atoms. The predicted molar refractivity (Wildman–Crippen MR) is 121 cm³/mol. The topological polar surface area (TPSA) is 96.4 Å². The van der Waals surface area contributed by atoms with E-state index in [-0.39, 0.29) is 18.2 Å². The van der Waals surface area contributed by atoms with Crippen LogP contribution in [0.1, 0.15) is 26.6 Å². The fraction of sp³-hybridized carbons (Fsp3) is 0.333. The largest absolute Gasteiger partial charge is 0.367 e. The summed E-state index contributed by atoms with van der Waals surface area (Å²) in [5.41, 5.74) is 5.03. The fourth-order valence-electron chi connectivity index (χ4n) is 3.67. The Labute approximate surface area is 190 Å². The number of anilines is 2. The number of halogens is 2. The van der Waals surface area contributed by atoms with Crippen LogP contribution < -0.4 is 11.1 Å². The van der Waals surface area contributed by atoms with Gasteiger partial charge < -0.3 is 19.9 Å². The van der Waals surface area contributed by atoms with E-state index in [1.165, 1.54) is 29.2 Å². The number of carbonyl (C=O) groups excluding carboxylic acids is 1. The molecule has 9 heteroatoms. The summed E-state index contributed by atoms with van der Waals surface area (Å²) in [7, 11) is 0. The Hall–Kier alpha value is -3.30. The number of fused-ring (bicyclic) bond motifs is 1. The summed E-state index contributed by atoms with van der Waals surface area (Å²) in [6.07, 6.45) is 0. The Kier molecular flexibility index (Phi) is 5.71. The number of amides is 1. The first-order chi connectivity index (χ1) is 15.5. The maximum Gasteiger partial charge on any atom is 0.270 e. The molecule has 1 aliphatic rings. The Morgan fingerprint density at radius 3 is 2.18 bits per heavy atom. The van der Waals surface area contributed by atoms with Gasteiger partial charge in [0.25, 0.3) is 5.91 Å². The molecule has 0 saturated carbocycles. The minimum absolute atomic E-state index is 0.147. The third kappa shape index (κ3) is 4.34. The average Bonchev–Trinajstić information content (AvgIpc) is 3.12. The molecule has 0 aliphatic carbocycles. The van der Waals surface area contributed by atoms with Gasteiger partial charge in [-0.1, -0.05) is 20.8 Å². The van der Waals surface area contributed by atoms with Crippen LogP contribution in [0.3, 0.4) is 0 Å². The van der Waals surface area contributed by atoms with Gasteiger partial charge >= 0.3 is 0 Å². The van der Waals surface area contributed by atoms with Gasteiger partial charge in [0.1, 0.15) is 29.0 Å². The second-order valence-corrected chi connectivity index (χ2v) is 9.26. The van der Waals surface area contributed by atoms with Gasteiger partial charge in [0.05, 0.1) is 6.54 Å². The van der Waals surface area contributed by atoms with Gasteiger partial charge in [-0.25, -0.2) is 13.8 Å². The molecule has 1 atom stereocenters. The van der Waals surface area contributed by atoms with Gasteiger partial charge in [-0.3, -0.25) is 10.5 Å². The highest BCUT2D eigenvalue weighted by Crippen LogP contribution is 2.35. The van der Waals surface area contributed by atoms with Gasteiger partial charge in [-0.05, 0) is 48.5 Å². The number of carbonyl (C=O) groups is 1. The smallest absolute Gasteiger partial charge is 0.270 e. The number of aromatic nitrogens is 2. The van der Waals surface area contributed by atoms with Crippen LogP contribution in [0.15, 0.2) is 48.5 Å². The maximum atomic E-state index is 13.5. The van der Waals surface area contributed by atoms with E-state index in [1.54, 1.807) is 45.0 Å². The Morgan fingerprint density at radius 1 is 1.03 bits per heavy atom. The molecule has 0 radical (unpaired) electrons. The van der Waals surface area contributed by atoms with Gasteiger partial charge in [-0.2, -0.15) is 0 Å². The number of nitrogens with zero attached hydrogens (tertiary/aromatic N) is 3. The number of nitrogens with two attached hydrogens (primary N) is 1. The molecule has 174 valence electrons. The fourth-order valence-corrected chi connectivity index (χ4v) is 3.67. The van der Waals surface area contributed by atoms with Crippen LogP contribution >= 0.6 is 0 Å². The van der Waals surface area contributed by atoms with Crippen molar-refractivity contribution >= 4 is 17.4 Å². The zero-order valence-electron chi connectivity index (χ0n) is 18.8. The molecule has 2 heterocycles. The molecule has 2 aromatic carbocycles. The van der Waals surface area contributed by atoms with E-state index in [4.69, 9.17) is 10.7 Å². The summed E-state index contributed by atoms with van der Waals surface area (Å²) in [5.74, 6) is -0.0492. The first-order valence-electron chi connectivity index (χ1n) is 10.7. The number of rotatable bonds is 4. The second kappa shape index (κ2) is 8.24. The van der Waals surface area contributed by atoms with Crippen LogP contribution in [0, 0.1) is 17.0 Å². The van der Waals surface area contributed by atoms with Gasteiger partial charge in [-0.15, -0.1) is 0 Å². The zero-order chi connectivity index (χ0) is 24.0. The van der Waals surface area contributed by atoms with E-state index < -0.39 is 17.0 Å². The van der Waals surface area contributed by atoms with E-state index >= 15 is 0 Å². The second-order valence-electron chi connectivity index (χ2n) is 9.26. The molecular weight excluding hydrogens is 428 g/mol. The van der Waals surface area contributed by atoms with Crippen LogP contribution in [-0.4, -0.2) is 37.7 Å². The molecule has 1 amide bonds. The first kappa shape index (κ1) is 22.9. The van der Waals surface area contributed by atoms with Gasteiger partial charge in [0.2, 0.25) is 0 Å². The number of aliphatic hydroxyl groups is 1. The van der Waals surface area contributed by atoms with Crippen molar-refractivity contribution < 1.29 is 18.7 Å². The summed E-state index contributed by atoms with van der Waals surface area (Å²) in [6, 6.07) is 11.9. The number of benzene rings is 2. The maximum absolute atomic E-state index is 13.5. The van der Waals surface area contributed by atoms with Gasteiger partial charge in [0.15, 0.2) is 5.72 Å². The molecule has 0 saturated heterocycles. The SMILES string of the molecule is CC(C)(C)[C@](N)(O)C(=O)N1CCn2c(nc(-c3ccc(F)cc3)c2Nc2ccc(F)cc2)C1. The normalized spacial score (nSPS) is 15.7. The highest BCUT2D eigenvalue weighted by atomic mass is 19.1. The standard InChI is InChI=1S/C24H27F2N5O2/c1-23(2,3)24(27,33)22(32)30-12-13-31-19(14-30)29-20(15-4-6-16(25)7-5-15)21(31)28-18-10-8-17(26)9-11-18/h4-11,28,33H,12-14,27H2,1-3H3/t24-/m1/s1. The molecule has 7 nitrogen and oxygen atoms in total. The molecule has 0 unspecified atom stereocenters. The number of hydrogen-bond donors (Lipinski definition) is 3. The molecule has 1 aliphatic heterocycles. The van der Waals surface area contributed by atoms with Crippen LogP contribution in [0.25, 0.3) is 11.3 Å². The lowest BCUT2D eigenvalue weighted by Gasteiger charge is -2.40. The number of nitrogens with one attached hydrogen (secondary N) is 1. The van der Waals surface area contributed by atoms with Crippen molar-refractivity contribution in [3.8, 4) is 11.3 Å². The van der Waals surface area contributed by atoms with E-state index in [0.717, 1.165) is 0 Å². The third-order valence-corrected chi connectivity index (χ3v) is 5.95. The highest BCUT2D eigenvalue weighted by Gasteiger charge is 2.46. The number of imidazole rings is 1. The van der Waals surface area contributed by atoms with Crippen LogP contribution in [0.2, 0.25) is 0 Å². The van der Waals surface area contributed by atoms with Crippen molar-refractivity contribution in [3.63, 3.8) is 0 Å². The van der Waals surface area contributed by atoms with Crippen LogP contribution in [0.5, 0.6) is 0 Å². The van der Waals surface area contributed by atoms with Gasteiger partial charge in [0, 0.05) is 29.8 Å². The highest BCUT2D eigenvalue weighted by molar-refractivity contribution is 5.85. The summed E-state index contributed by atoms with van der Waals surface area (Å²) in [5, 5.41) is 14.0. The van der Waals surface area contributed by atoms with Crippen molar-refractivity contribution in [2.45, 2.75) is 39.6 Å². The minimum Gasteiger partial charge on any atom is -0.367 e. The molecule has 0 spiro atoms. The van der Waals surface area contributed by atoms with Crippen LogP contribution in [-0.2, 0) is 17.9 Å². The Balaban J connectivity index is 1.72. The molecule has 3 aromatic rings. The lowest BCUT2D eigenvalue weighted by atomic mass is 9.82. The lowest BCUT2D eigenvalue weighted by Crippen LogP contribution is -2.63. The van der Waals surface area contributed by atoms with Crippen molar-refractivity contribution in [1.82, 2.24) is 14.5 Å². The first-order valence-corrected chi connectivity index (χ1v) is 10.7. The Bertz CT molecular complexity index is 1170. The molecular formula is C24H27F2N5O2. The molecule has 0 fully saturated rings. The van der Waals surface area contributed by atoms with Crippen molar-refractivity contribution in [2.75, 3.05) is 11.9 Å². The van der Waals surface area contributed by atoms with Crippen LogP contribution in [0.4, 0.5) is 20.3 Å². The van der Waals surface area contributed by atoms with Crippen molar-refractivity contribution in [2.24, 2.45) is 11.1 Å². The minimum atomic E-state index is -2.03. The van der Waals surface area contributed by atoms with Crippen molar-refractivity contribution in [3.05, 3.63) is 66.0 Å². The molecule has 1 aromatic heterocycles. The summed E-state index contributed by atoms with van der Waals surface area (Å²) in [6.45, 7) is 5.97. The summed E-state index contributed by atoms with van der Waals surface area (Å²) in [4.78, 5) is 19.2. The predicted octanol–water partition coefficient (Wildman–Crippen LogP) is 3.61. The van der Waals surface area contributed by atoms with Crippen molar-refractivity contribution in [1.29, 1.82) is 0 Å². The van der Waals surface area contributed by atoms with E-state index in [2.05, 4.69) is 5.32 Å².